The molecule has 1 rings (SSSR count). The van der Waals surface area contributed by atoms with Gasteiger partial charge in [-0.25, -0.2) is 8.42 Å². The number of hydrogen-bond donors (Lipinski definition) is 0. The molecule has 0 spiro atoms. The second kappa shape index (κ2) is 2.84. The zero-order valence-corrected chi connectivity index (χ0v) is 7.26. The Morgan fingerprint density at radius 3 is 2.45 bits per heavy atom. The summed E-state index contributed by atoms with van der Waals surface area (Å²) in [5.41, 5.74) is 0. The second-order valence-corrected chi connectivity index (χ2v) is 4.68. The molecule has 1 saturated carbocycles. The summed E-state index contributed by atoms with van der Waals surface area (Å²) in [5, 5.41) is 0. The zero-order valence-electron chi connectivity index (χ0n) is 6.45. The van der Waals surface area contributed by atoms with E-state index in [4.69, 9.17) is 6.42 Å². The summed E-state index contributed by atoms with van der Waals surface area (Å²) >= 11 is 0. The Morgan fingerprint density at radius 2 is 2.18 bits per heavy atom. The molecule has 0 atom stereocenters. The quantitative estimate of drug-likeness (QED) is 0.565. The van der Waals surface area contributed by atoms with Crippen molar-refractivity contribution in [2.75, 3.05) is 12.8 Å². The minimum atomic E-state index is -3.07. The molecule has 0 aromatic rings. The first-order valence-corrected chi connectivity index (χ1v) is 5.31. The maximum absolute atomic E-state index is 11.0. The Labute approximate surface area is 67.4 Å². The van der Waals surface area contributed by atoms with Crippen LogP contribution < -0.4 is 0 Å². The lowest BCUT2D eigenvalue weighted by molar-refractivity contribution is 0.445. The molecule has 1 aliphatic carbocycles. The molecule has 1 aliphatic rings. The van der Waals surface area contributed by atoms with Crippen LogP contribution in [0.15, 0.2) is 0 Å². The van der Waals surface area contributed by atoms with Gasteiger partial charge in [-0.15, -0.1) is 6.42 Å². The molecule has 0 bridgehead atoms. The smallest absolute Gasteiger partial charge is 0.212 e. The van der Waals surface area contributed by atoms with E-state index in [1.54, 1.807) is 0 Å². The monoisotopic (exact) mass is 173 g/mol. The van der Waals surface area contributed by atoms with Crippen molar-refractivity contribution < 1.29 is 8.42 Å². The van der Waals surface area contributed by atoms with Crippen molar-refractivity contribution >= 4 is 10.0 Å². The van der Waals surface area contributed by atoms with Gasteiger partial charge in [0.25, 0.3) is 0 Å². The van der Waals surface area contributed by atoms with Crippen LogP contribution in [0.3, 0.4) is 0 Å². The van der Waals surface area contributed by atoms with Gasteiger partial charge in [0.05, 0.1) is 12.8 Å². The largest absolute Gasteiger partial charge is 0.212 e. The van der Waals surface area contributed by atoms with Gasteiger partial charge in [0.15, 0.2) is 0 Å². The molecular formula is C7H11NO2S. The first kappa shape index (κ1) is 8.57. The molecule has 0 unspecified atom stereocenters. The van der Waals surface area contributed by atoms with Crippen molar-refractivity contribution in [3.05, 3.63) is 0 Å². The first-order chi connectivity index (χ1) is 5.05. The van der Waals surface area contributed by atoms with E-state index in [2.05, 4.69) is 5.92 Å². The standard InChI is InChI=1S/C7H11NO2S/c1-3-6-8(7-4-5-7)11(2,9)10/h1,7H,4-6H2,2H3. The highest BCUT2D eigenvalue weighted by Gasteiger charge is 2.34. The lowest BCUT2D eigenvalue weighted by Crippen LogP contribution is -2.32. The Bertz CT molecular complexity index is 271. The molecule has 3 nitrogen and oxygen atoms in total. The number of rotatable bonds is 3. The highest BCUT2D eigenvalue weighted by atomic mass is 32.2. The maximum Gasteiger partial charge on any atom is 0.212 e. The van der Waals surface area contributed by atoms with Crippen LogP contribution in [0.5, 0.6) is 0 Å². The number of hydrogen-bond acceptors (Lipinski definition) is 2. The molecular weight excluding hydrogens is 162 g/mol. The fourth-order valence-corrected chi connectivity index (χ4v) is 2.03. The summed E-state index contributed by atoms with van der Waals surface area (Å²) in [6, 6.07) is 0.182. The summed E-state index contributed by atoms with van der Waals surface area (Å²) < 4.78 is 23.4. The molecule has 62 valence electrons. The normalized spacial score (nSPS) is 18.3. The van der Waals surface area contributed by atoms with Crippen molar-refractivity contribution in [1.29, 1.82) is 0 Å². The highest BCUT2D eigenvalue weighted by molar-refractivity contribution is 7.88. The van der Waals surface area contributed by atoms with Gasteiger partial charge in [-0.2, -0.15) is 4.31 Å². The fraction of sp³-hybridized carbons (Fsp3) is 0.714. The lowest BCUT2D eigenvalue weighted by Gasteiger charge is -2.15. The topological polar surface area (TPSA) is 37.4 Å². The van der Waals surface area contributed by atoms with E-state index in [-0.39, 0.29) is 12.6 Å². The summed E-state index contributed by atoms with van der Waals surface area (Å²) in [7, 11) is -3.07. The van der Waals surface area contributed by atoms with Crippen molar-refractivity contribution in [3.8, 4) is 12.3 Å². The summed E-state index contributed by atoms with van der Waals surface area (Å²) in [6.07, 6.45) is 8.14. The first-order valence-electron chi connectivity index (χ1n) is 3.46. The molecule has 0 N–H and O–H groups in total. The predicted octanol–water partition coefficient (Wildman–Crippen LogP) is 0.0436. The van der Waals surface area contributed by atoms with Gasteiger partial charge in [-0.1, -0.05) is 5.92 Å². The Hall–Kier alpha value is -0.530. The Kier molecular flexibility index (Phi) is 2.21. The second-order valence-electron chi connectivity index (χ2n) is 2.74. The molecule has 1 fully saturated rings. The molecule has 0 amide bonds. The van der Waals surface area contributed by atoms with Crippen molar-refractivity contribution in [2.24, 2.45) is 0 Å². The summed E-state index contributed by atoms with van der Waals surface area (Å²) in [6.45, 7) is 0.212. The van der Waals surface area contributed by atoms with Crippen LogP contribution in [0.2, 0.25) is 0 Å². The minimum absolute atomic E-state index is 0.182. The van der Waals surface area contributed by atoms with Crippen molar-refractivity contribution in [2.45, 2.75) is 18.9 Å². The molecule has 0 aromatic heterocycles. The third kappa shape index (κ3) is 2.21. The van der Waals surface area contributed by atoms with Gasteiger partial charge < -0.3 is 0 Å². The van der Waals surface area contributed by atoms with Crippen LogP contribution in [-0.4, -0.2) is 31.6 Å². The van der Waals surface area contributed by atoms with Crippen LogP contribution in [-0.2, 0) is 10.0 Å². The van der Waals surface area contributed by atoms with Gasteiger partial charge in [0, 0.05) is 6.04 Å². The van der Waals surface area contributed by atoms with Crippen LogP contribution in [0.25, 0.3) is 0 Å². The summed E-state index contributed by atoms with van der Waals surface area (Å²) in [5.74, 6) is 2.34. The summed E-state index contributed by atoms with van der Waals surface area (Å²) in [4.78, 5) is 0. The third-order valence-corrected chi connectivity index (χ3v) is 2.91. The van der Waals surface area contributed by atoms with E-state index in [1.807, 2.05) is 0 Å². The minimum Gasteiger partial charge on any atom is -0.212 e. The maximum atomic E-state index is 11.0. The average Bonchev–Trinajstić information content (AvgIpc) is 2.61. The van der Waals surface area contributed by atoms with Crippen LogP contribution >= 0.6 is 0 Å². The molecule has 0 saturated heterocycles. The number of terminal acetylenes is 1. The molecule has 0 aromatic carbocycles. The number of nitrogens with zero attached hydrogens (tertiary/aromatic N) is 1. The molecule has 0 radical (unpaired) electrons. The molecule has 0 aliphatic heterocycles. The molecule has 4 heteroatoms. The van der Waals surface area contributed by atoms with Gasteiger partial charge in [-0.05, 0) is 12.8 Å². The lowest BCUT2D eigenvalue weighted by atomic mass is 10.6. The van der Waals surface area contributed by atoms with E-state index in [0.29, 0.717) is 0 Å². The van der Waals surface area contributed by atoms with Gasteiger partial charge in [0.2, 0.25) is 10.0 Å². The van der Waals surface area contributed by atoms with E-state index in [0.717, 1.165) is 12.8 Å². The third-order valence-electron chi connectivity index (χ3n) is 1.63. The molecule has 0 heterocycles. The van der Waals surface area contributed by atoms with Crippen molar-refractivity contribution in [3.63, 3.8) is 0 Å². The van der Waals surface area contributed by atoms with E-state index in [1.165, 1.54) is 10.6 Å². The fourth-order valence-electron chi connectivity index (χ4n) is 0.970. The number of sulfonamides is 1. The molecule has 11 heavy (non-hydrogen) atoms. The highest BCUT2D eigenvalue weighted by Crippen LogP contribution is 2.28. The van der Waals surface area contributed by atoms with Crippen molar-refractivity contribution in [1.82, 2.24) is 4.31 Å². The van der Waals surface area contributed by atoms with E-state index in [9.17, 15) is 8.42 Å². The zero-order chi connectivity index (χ0) is 8.48. The Balaban J connectivity index is 2.68. The SMILES string of the molecule is C#CCN(C1CC1)S(C)(=O)=O. The predicted molar refractivity (Wildman–Crippen MR) is 43.4 cm³/mol. The van der Waals surface area contributed by atoms with Crippen LogP contribution in [0.4, 0.5) is 0 Å². The van der Waals surface area contributed by atoms with Gasteiger partial charge in [0.1, 0.15) is 0 Å². The van der Waals surface area contributed by atoms with Gasteiger partial charge >= 0.3 is 0 Å². The van der Waals surface area contributed by atoms with E-state index >= 15 is 0 Å². The van der Waals surface area contributed by atoms with Crippen LogP contribution in [0, 0.1) is 12.3 Å². The van der Waals surface area contributed by atoms with Gasteiger partial charge in [-0.3, -0.25) is 0 Å². The average molecular weight is 173 g/mol. The van der Waals surface area contributed by atoms with Crippen LogP contribution in [0.1, 0.15) is 12.8 Å². The van der Waals surface area contributed by atoms with E-state index < -0.39 is 10.0 Å². The Morgan fingerprint density at radius 1 is 1.64 bits per heavy atom.